The molecule has 1 aromatic rings. The predicted octanol–water partition coefficient (Wildman–Crippen LogP) is -1.91. The van der Waals surface area contributed by atoms with Crippen molar-refractivity contribution in [1.82, 2.24) is 25.8 Å². The molecule has 9 nitrogen and oxygen atoms in total. The van der Waals surface area contributed by atoms with Crippen molar-refractivity contribution in [1.29, 1.82) is 0 Å². The van der Waals surface area contributed by atoms with Crippen LogP contribution in [-0.4, -0.2) is 56.6 Å². The van der Waals surface area contributed by atoms with E-state index in [0.717, 1.165) is 0 Å². The maximum absolute atomic E-state index is 11.2. The zero-order valence-corrected chi connectivity index (χ0v) is 8.88. The van der Waals surface area contributed by atoms with Crippen molar-refractivity contribution in [3.8, 4) is 0 Å². The summed E-state index contributed by atoms with van der Waals surface area (Å²) in [4.78, 5) is 25.5. The van der Waals surface area contributed by atoms with Crippen LogP contribution in [0.2, 0.25) is 0 Å². The van der Waals surface area contributed by atoms with Gasteiger partial charge in [-0.05, 0) is 0 Å². The third-order valence-corrected chi connectivity index (χ3v) is 1.90. The fourth-order valence-electron chi connectivity index (χ4n) is 1.04. The average Bonchev–Trinajstić information content (AvgIpc) is 2.78. The average molecular weight is 243 g/mol. The second-order valence-corrected chi connectivity index (χ2v) is 3.16. The smallest absolute Gasteiger partial charge is 0.328 e. The van der Waals surface area contributed by atoms with Crippen LogP contribution in [0.5, 0.6) is 0 Å². The second kappa shape index (κ2) is 6.43. The number of aromatic amines is 1. The van der Waals surface area contributed by atoms with Crippen molar-refractivity contribution in [3.05, 3.63) is 12.2 Å². The lowest BCUT2D eigenvalue weighted by Gasteiger charge is -2.12. The minimum atomic E-state index is -1.31. The number of carbonyl (C=O) groups is 2. The van der Waals surface area contributed by atoms with E-state index in [0.29, 0.717) is 12.2 Å². The molecule has 1 heterocycles. The lowest BCUT2D eigenvalue weighted by molar-refractivity contribution is -0.140. The SMILES string of the molecule is O=C(NCCc1ncn[nH]1)NC(CO)C(=O)O. The van der Waals surface area contributed by atoms with Crippen LogP contribution in [0.25, 0.3) is 0 Å². The molecule has 0 aliphatic rings. The first-order valence-corrected chi connectivity index (χ1v) is 4.85. The van der Waals surface area contributed by atoms with E-state index in [9.17, 15) is 9.59 Å². The Morgan fingerprint density at radius 3 is 2.82 bits per heavy atom. The van der Waals surface area contributed by atoms with Crippen LogP contribution >= 0.6 is 0 Å². The summed E-state index contributed by atoms with van der Waals surface area (Å²) in [5.74, 6) is -0.680. The summed E-state index contributed by atoms with van der Waals surface area (Å²) in [7, 11) is 0. The molecule has 0 radical (unpaired) electrons. The van der Waals surface area contributed by atoms with Crippen molar-refractivity contribution < 1.29 is 19.8 Å². The molecule has 1 aromatic heterocycles. The second-order valence-electron chi connectivity index (χ2n) is 3.16. The fourth-order valence-corrected chi connectivity index (χ4v) is 1.04. The van der Waals surface area contributed by atoms with E-state index >= 15 is 0 Å². The van der Waals surface area contributed by atoms with Gasteiger partial charge in [0.15, 0.2) is 6.04 Å². The van der Waals surface area contributed by atoms with E-state index < -0.39 is 24.6 Å². The van der Waals surface area contributed by atoms with Crippen LogP contribution in [0, 0.1) is 0 Å². The van der Waals surface area contributed by atoms with Gasteiger partial charge in [0.25, 0.3) is 0 Å². The highest BCUT2D eigenvalue weighted by molar-refractivity contribution is 5.82. The van der Waals surface area contributed by atoms with E-state index in [1.54, 1.807) is 0 Å². The van der Waals surface area contributed by atoms with Gasteiger partial charge >= 0.3 is 12.0 Å². The van der Waals surface area contributed by atoms with Crippen LogP contribution < -0.4 is 10.6 Å². The number of aliphatic carboxylic acids is 1. The minimum absolute atomic E-state index is 0.277. The minimum Gasteiger partial charge on any atom is -0.480 e. The molecule has 0 aliphatic carbocycles. The first kappa shape index (κ1) is 12.9. The number of hydrogen-bond donors (Lipinski definition) is 5. The van der Waals surface area contributed by atoms with Crippen LogP contribution in [-0.2, 0) is 11.2 Å². The molecule has 17 heavy (non-hydrogen) atoms. The summed E-state index contributed by atoms with van der Waals surface area (Å²) in [5, 5.41) is 28.0. The largest absolute Gasteiger partial charge is 0.480 e. The number of urea groups is 1. The standard InChI is InChI=1S/C8H13N5O4/c14-3-5(7(15)16)12-8(17)9-2-1-6-10-4-11-13-6/h4-5,14H,1-3H2,(H,15,16)(H2,9,12,17)(H,10,11,13). The number of carboxylic acids is 1. The lowest BCUT2D eigenvalue weighted by atomic mass is 10.3. The summed E-state index contributed by atoms with van der Waals surface area (Å²) in [6, 6.07) is -1.97. The van der Waals surface area contributed by atoms with Crippen LogP contribution in [0.15, 0.2) is 6.33 Å². The van der Waals surface area contributed by atoms with Gasteiger partial charge in [-0.25, -0.2) is 14.6 Å². The Kier molecular flexibility index (Phi) is 4.88. The fraction of sp³-hybridized carbons (Fsp3) is 0.500. The van der Waals surface area contributed by atoms with Crippen molar-refractivity contribution in [2.75, 3.05) is 13.2 Å². The van der Waals surface area contributed by atoms with Crippen molar-refractivity contribution in [2.24, 2.45) is 0 Å². The monoisotopic (exact) mass is 243 g/mol. The van der Waals surface area contributed by atoms with Gasteiger partial charge in [0.05, 0.1) is 6.61 Å². The van der Waals surface area contributed by atoms with E-state index in [1.165, 1.54) is 6.33 Å². The molecule has 0 aromatic carbocycles. The van der Waals surface area contributed by atoms with Gasteiger partial charge in [-0.3, -0.25) is 5.10 Å². The number of aromatic nitrogens is 3. The van der Waals surface area contributed by atoms with Crippen LogP contribution in [0.3, 0.4) is 0 Å². The molecule has 0 spiro atoms. The van der Waals surface area contributed by atoms with E-state index in [1.807, 2.05) is 0 Å². The zero-order chi connectivity index (χ0) is 12.7. The maximum atomic E-state index is 11.2. The normalized spacial score (nSPS) is 11.8. The van der Waals surface area contributed by atoms with E-state index in [-0.39, 0.29) is 6.54 Å². The highest BCUT2D eigenvalue weighted by Gasteiger charge is 2.18. The van der Waals surface area contributed by atoms with Crippen molar-refractivity contribution in [3.63, 3.8) is 0 Å². The number of aliphatic hydroxyl groups is 1. The van der Waals surface area contributed by atoms with Gasteiger partial charge in [0.2, 0.25) is 0 Å². The molecule has 1 atom stereocenters. The van der Waals surface area contributed by atoms with Gasteiger partial charge in [-0.2, -0.15) is 5.10 Å². The number of carboxylic acid groups (broad SMARTS) is 1. The summed E-state index contributed by atoms with van der Waals surface area (Å²) >= 11 is 0. The molecule has 0 saturated heterocycles. The number of carbonyl (C=O) groups excluding carboxylic acids is 1. The van der Waals surface area contributed by atoms with Gasteiger partial charge in [-0.15, -0.1) is 0 Å². The topological polar surface area (TPSA) is 140 Å². The molecule has 2 amide bonds. The molecule has 0 bridgehead atoms. The number of rotatable bonds is 6. The van der Waals surface area contributed by atoms with Gasteiger partial charge in [0.1, 0.15) is 12.2 Å². The van der Waals surface area contributed by atoms with Crippen LogP contribution in [0.1, 0.15) is 5.82 Å². The molecule has 9 heteroatoms. The summed E-state index contributed by atoms with van der Waals surface area (Å²) in [6.45, 7) is -0.385. The first-order chi connectivity index (χ1) is 8.13. The third kappa shape index (κ3) is 4.47. The Hall–Kier alpha value is -2.16. The molecule has 1 unspecified atom stereocenters. The van der Waals surface area contributed by atoms with Gasteiger partial charge in [-0.1, -0.05) is 0 Å². The Balaban J connectivity index is 2.23. The highest BCUT2D eigenvalue weighted by Crippen LogP contribution is 1.86. The van der Waals surface area contributed by atoms with E-state index in [4.69, 9.17) is 10.2 Å². The Morgan fingerprint density at radius 1 is 1.53 bits per heavy atom. The van der Waals surface area contributed by atoms with Crippen LogP contribution in [0.4, 0.5) is 4.79 Å². The molecule has 5 N–H and O–H groups in total. The Labute approximate surface area is 96.2 Å². The predicted molar refractivity (Wildman–Crippen MR) is 55.1 cm³/mol. The van der Waals surface area contributed by atoms with Crippen molar-refractivity contribution >= 4 is 12.0 Å². The molecular weight excluding hydrogens is 230 g/mol. The summed E-state index contributed by atoms with van der Waals surface area (Å²) in [6.07, 6.45) is 1.80. The number of aliphatic hydroxyl groups excluding tert-OH is 1. The zero-order valence-electron chi connectivity index (χ0n) is 8.88. The van der Waals surface area contributed by atoms with Gasteiger partial charge in [0, 0.05) is 13.0 Å². The number of amides is 2. The number of H-pyrrole nitrogens is 1. The van der Waals surface area contributed by atoms with Crippen molar-refractivity contribution in [2.45, 2.75) is 12.5 Å². The number of nitrogens with zero attached hydrogens (tertiary/aromatic N) is 2. The first-order valence-electron chi connectivity index (χ1n) is 4.85. The Bertz CT molecular complexity index is 366. The summed E-state index contributed by atoms with van der Waals surface area (Å²) in [5.41, 5.74) is 0. The maximum Gasteiger partial charge on any atom is 0.328 e. The molecule has 94 valence electrons. The van der Waals surface area contributed by atoms with Gasteiger partial charge < -0.3 is 20.8 Å². The molecule has 0 fully saturated rings. The number of nitrogens with one attached hydrogen (secondary N) is 3. The lowest BCUT2D eigenvalue weighted by Crippen LogP contribution is -2.48. The molecule has 1 rings (SSSR count). The number of hydrogen-bond acceptors (Lipinski definition) is 5. The Morgan fingerprint density at radius 2 is 2.29 bits per heavy atom. The van der Waals surface area contributed by atoms with E-state index in [2.05, 4.69) is 25.8 Å². The molecular formula is C8H13N5O4. The highest BCUT2D eigenvalue weighted by atomic mass is 16.4. The molecule has 0 saturated carbocycles. The molecule has 0 aliphatic heterocycles. The summed E-state index contributed by atoms with van der Waals surface area (Å²) < 4.78 is 0. The quantitative estimate of drug-likeness (QED) is 0.395. The third-order valence-electron chi connectivity index (χ3n) is 1.90.